The van der Waals surface area contributed by atoms with Crippen molar-refractivity contribution in [3.05, 3.63) is 58.5 Å². The van der Waals surface area contributed by atoms with Gasteiger partial charge in [-0.15, -0.1) is 0 Å². The highest BCUT2D eigenvalue weighted by atomic mass is 16.6. The zero-order valence-corrected chi connectivity index (χ0v) is 13.8. The molecule has 1 N–H and O–H groups in total. The van der Waals surface area contributed by atoms with E-state index in [0.717, 1.165) is 10.9 Å². The second-order valence-electron chi connectivity index (χ2n) is 6.46. The SMILES string of the molecule is C[C@H]1OC(O)C[C@](C)(N=[N+]=[N-])[C@@H]1OCc1ccc2ccccc2c1. The molecule has 0 aromatic heterocycles. The quantitative estimate of drug-likeness (QED) is 0.524. The molecule has 0 spiro atoms. The number of hydrogen-bond acceptors (Lipinski definition) is 4. The molecule has 0 bridgehead atoms. The van der Waals surface area contributed by atoms with Crippen molar-refractivity contribution in [1.82, 2.24) is 0 Å². The molecule has 0 saturated carbocycles. The lowest BCUT2D eigenvalue weighted by atomic mass is 9.86. The zero-order chi connectivity index (χ0) is 17.2. The van der Waals surface area contributed by atoms with E-state index in [9.17, 15) is 5.11 Å². The Morgan fingerprint density at radius 3 is 2.83 bits per heavy atom. The van der Waals surface area contributed by atoms with E-state index in [2.05, 4.69) is 34.3 Å². The summed E-state index contributed by atoms with van der Waals surface area (Å²) < 4.78 is 11.5. The highest BCUT2D eigenvalue weighted by Gasteiger charge is 2.45. The summed E-state index contributed by atoms with van der Waals surface area (Å²) in [5.74, 6) is 0. The lowest BCUT2D eigenvalue weighted by molar-refractivity contribution is -0.228. The number of aliphatic hydroxyl groups excluding tert-OH is 1. The fourth-order valence-corrected chi connectivity index (χ4v) is 3.37. The predicted octanol–water partition coefficient (Wildman–Crippen LogP) is 3.92. The average Bonchev–Trinajstić information content (AvgIpc) is 2.53. The van der Waals surface area contributed by atoms with Crippen molar-refractivity contribution in [1.29, 1.82) is 0 Å². The van der Waals surface area contributed by atoms with Gasteiger partial charge >= 0.3 is 0 Å². The molecule has 6 nitrogen and oxygen atoms in total. The maximum atomic E-state index is 9.80. The minimum atomic E-state index is -0.948. The molecule has 126 valence electrons. The van der Waals surface area contributed by atoms with Gasteiger partial charge in [-0.05, 0) is 34.9 Å². The first-order valence-electron chi connectivity index (χ1n) is 8.01. The van der Waals surface area contributed by atoms with Crippen LogP contribution >= 0.6 is 0 Å². The van der Waals surface area contributed by atoms with E-state index in [4.69, 9.17) is 15.0 Å². The largest absolute Gasteiger partial charge is 0.370 e. The van der Waals surface area contributed by atoms with Crippen molar-refractivity contribution in [3.8, 4) is 0 Å². The molecule has 1 unspecified atom stereocenters. The van der Waals surface area contributed by atoms with Gasteiger partial charge < -0.3 is 14.6 Å². The smallest absolute Gasteiger partial charge is 0.155 e. The van der Waals surface area contributed by atoms with Crippen LogP contribution in [-0.2, 0) is 16.1 Å². The van der Waals surface area contributed by atoms with Crippen LogP contribution < -0.4 is 0 Å². The summed E-state index contributed by atoms with van der Waals surface area (Å²) in [6.07, 6.45) is -1.53. The third-order valence-corrected chi connectivity index (χ3v) is 4.52. The van der Waals surface area contributed by atoms with Crippen LogP contribution in [0.2, 0.25) is 0 Å². The molecule has 1 aliphatic heterocycles. The predicted molar refractivity (Wildman–Crippen MR) is 91.2 cm³/mol. The van der Waals surface area contributed by atoms with E-state index in [0.29, 0.717) is 6.61 Å². The van der Waals surface area contributed by atoms with E-state index in [-0.39, 0.29) is 12.5 Å². The third kappa shape index (κ3) is 3.37. The minimum absolute atomic E-state index is 0.212. The van der Waals surface area contributed by atoms with Crippen LogP contribution in [0.1, 0.15) is 25.8 Å². The van der Waals surface area contributed by atoms with Gasteiger partial charge in [0.15, 0.2) is 6.29 Å². The number of fused-ring (bicyclic) bond motifs is 1. The summed E-state index contributed by atoms with van der Waals surface area (Å²) >= 11 is 0. The van der Waals surface area contributed by atoms with Crippen molar-refractivity contribution in [2.75, 3.05) is 0 Å². The molecule has 2 aromatic rings. The Morgan fingerprint density at radius 2 is 2.08 bits per heavy atom. The number of hydrogen-bond donors (Lipinski definition) is 1. The molecule has 1 fully saturated rings. The lowest BCUT2D eigenvalue weighted by Gasteiger charge is -2.43. The molecular weight excluding hydrogens is 306 g/mol. The lowest BCUT2D eigenvalue weighted by Crippen LogP contribution is -2.54. The van der Waals surface area contributed by atoms with Crippen LogP contribution in [0.25, 0.3) is 21.2 Å². The molecule has 6 heteroatoms. The number of rotatable bonds is 4. The standard InChI is InChI=1S/C18H21N3O3/c1-12-17(18(2,20-21-19)10-16(22)24-12)23-11-13-7-8-14-5-3-4-6-15(14)9-13/h3-9,12,16-17,22H,10-11H2,1-2H3/t12-,16?,17-,18+/m1/s1. The molecular formula is C18H21N3O3. The molecule has 0 amide bonds. The number of ether oxygens (including phenoxy) is 2. The van der Waals surface area contributed by atoms with Crippen LogP contribution in [0.4, 0.5) is 0 Å². The van der Waals surface area contributed by atoms with Gasteiger partial charge in [-0.3, -0.25) is 0 Å². The zero-order valence-electron chi connectivity index (χ0n) is 13.8. The summed E-state index contributed by atoms with van der Waals surface area (Å²) in [6.45, 7) is 3.99. The minimum Gasteiger partial charge on any atom is -0.370 e. The number of benzene rings is 2. The Morgan fingerprint density at radius 1 is 1.33 bits per heavy atom. The van der Waals surface area contributed by atoms with Crippen molar-refractivity contribution in [2.24, 2.45) is 5.11 Å². The molecule has 1 heterocycles. The fraction of sp³-hybridized carbons (Fsp3) is 0.444. The van der Waals surface area contributed by atoms with Gasteiger partial charge in [-0.1, -0.05) is 48.4 Å². The monoisotopic (exact) mass is 327 g/mol. The van der Waals surface area contributed by atoms with Crippen molar-refractivity contribution in [2.45, 2.75) is 50.9 Å². The molecule has 4 atom stereocenters. The van der Waals surface area contributed by atoms with E-state index in [1.165, 1.54) is 5.39 Å². The van der Waals surface area contributed by atoms with E-state index >= 15 is 0 Å². The maximum Gasteiger partial charge on any atom is 0.155 e. The van der Waals surface area contributed by atoms with Gasteiger partial charge in [0.1, 0.15) is 0 Å². The third-order valence-electron chi connectivity index (χ3n) is 4.52. The van der Waals surface area contributed by atoms with E-state index in [1.807, 2.05) is 25.1 Å². The first kappa shape index (κ1) is 16.7. The Labute approximate surface area is 140 Å². The first-order chi connectivity index (χ1) is 11.5. The normalized spacial score (nSPS) is 30.0. The topological polar surface area (TPSA) is 87.5 Å². The van der Waals surface area contributed by atoms with E-state index in [1.54, 1.807) is 6.92 Å². The van der Waals surface area contributed by atoms with Crippen LogP contribution in [-0.4, -0.2) is 29.1 Å². The van der Waals surface area contributed by atoms with Crippen LogP contribution in [0, 0.1) is 0 Å². The molecule has 0 aliphatic carbocycles. The summed E-state index contributed by atoms with van der Waals surface area (Å²) in [6, 6.07) is 14.3. The highest BCUT2D eigenvalue weighted by Crippen LogP contribution is 2.34. The summed E-state index contributed by atoms with van der Waals surface area (Å²) in [5.41, 5.74) is 9.05. The average molecular weight is 327 g/mol. The van der Waals surface area contributed by atoms with Gasteiger partial charge in [0.05, 0.1) is 24.4 Å². The molecule has 0 radical (unpaired) electrons. The molecule has 2 aromatic carbocycles. The van der Waals surface area contributed by atoms with Crippen molar-refractivity contribution < 1.29 is 14.6 Å². The molecule has 1 aliphatic rings. The van der Waals surface area contributed by atoms with E-state index < -0.39 is 17.9 Å². The van der Waals surface area contributed by atoms with Crippen molar-refractivity contribution in [3.63, 3.8) is 0 Å². The van der Waals surface area contributed by atoms with Gasteiger partial charge in [0.25, 0.3) is 0 Å². The van der Waals surface area contributed by atoms with Crippen LogP contribution in [0.15, 0.2) is 47.6 Å². The molecule has 1 saturated heterocycles. The van der Waals surface area contributed by atoms with Gasteiger partial charge in [-0.25, -0.2) is 0 Å². The summed E-state index contributed by atoms with van der Waals surface area (Å²) in [5, 5.41) is 16.0. The molecule has 24 heavy (non-hydrogen) atoms. The Kier molecular flexibility index (Phi) is 4.73. The Balaban J connectivity index is 1.78. The number of aliphatic hydroxyl groups is 1. The fourth-order valence-electron chi connectivity index (χ4n) is 3.37. The van der Waals surface area contributed by atoms with Gasteiger partial charge in [0.2, 0.25) is 0 Å². The summed E-state index contributed by atoms with van der Waals surface area (Å²) in [7, 11) is 0. The Hall–Kier alpha value is -2.11. The van der Waals surface area contributed by atoms with Gasteiger partial charge in [0, 0.05) is 11.3 Å². The van der Waals surface area contributed by atoms with Crippen molar-refractivity contribution >= 4 is 10.8 Å². The Bertz CT molecular complexity index is 775. The number of nitrogens with zero attached hydrogens (tertiary/aromatic N) is 3. The van der Waals surface area contributed by atoms with Crippen LogP contribution in [0.5, 0.6) is 0 Å². The highest BCUT2D eigenvalue weighted by molar-refractivity contribution is 5.82. The molecule has 3 rings (SSSR count). The van der Waals surface area contributed by atoms with Crippen LogP contribution in [0.3, 0.4) is 0 Å². The second-order valence-corrected chi connectivity index (χ2v) is 6.46. The number of azide groups is 1. The first-order valence-corrected chi connectivity index (χ1v) is 8.01. The second kappa shape index (κ2) is 6.79. The maximum absolute atomic E-state index is 9.80. The van der Waals surface area contributed by atoms with Gasteiger partial charge in [-0.2, -0.15) is 0 Å². The summed E-state index contributed by atoms with van der Waals surface area (Å²) in [4.78, 5) is 2.92.